The molecule has 3 saturated heterocycles. The molecular weight excluding hydrogens is 487 g/mol. The van der Waals surface area contributed by atoms with Crippen LogP contribution in [0, 0.1) is 5.82 Å². The maximum absolute atomic E-state index is 14.4. The number of hydrogen-bond acceptors (Lipinski definition) is 8. The molecule has 9 nitrogen and oxygen atoms in total. The fourth-order valence-corrected chi connectivity index (χ4v) is 5.68. The summed E-state index contributed by atoms with van der Waals surface area (Å²) < 4.78 is 27.5. The maximum Gasteiger partial charge on any atom is 0.255 e. The zero-order valence-corrected chi connectivity index (χ0v) is 21.6. The fraction of sp³-hybridized carbons (Fsp3) is 0.464. The number of rotatable bonds is 5. The van der Waals surface area contributed by atoms with E-state index in [9.17, 15) is 9.18 Å². The van der Waals surface area contributed by atoms with Crippen molar-refractivity contribution in [2.75, 3.05) is 68.9 Å². The molecule has 0 saturated carbocycles. The van der Waals surface area contributed by atoms with E-state index < -0.39 is 5.82 Å². The number of hydrogen-bond donors (Lipinski definition) is 0. The second-order valence-electron chi connectivity index (χ2n) is 10.1. The largest absolute Gasteiger partial charge is 0.379 e. The molecule has 0 unspecified atom stereocenters. The van der Waals surface area contributed by atoms with Gasteiger partial charge >= 0.3 is 0 Å². The Morgan fingerprint density at radius 1 is 0.974 bits per heavy atom. The van der Waals surface area contributed by atoms with Gasteiger partial charge in [-0.05, 0) is 30.2 Å². The monoisotopic (exact) mass is 520 g/mol. The molecule has 0 aliphatic carbocycles. The molecule has 6 rings (SSSR count). The van der Waals surface area contributed by atoms with Gasteiger partial charge in [0.15, 0.2) is 5.82 Å². The summed E-state index contributed by atoms with van der Waals surface area (Å²) in [4.78, 5) is 28.3. The predicted molar refractivity (Wildman–Crippen MR) is 143 cm³/mol. The highest BCUT2D eigenvalue weighted by atomic mass is 19.1. The quantitative estimate of drug-likeness (QED) is 0.508. The van der Waals surface area contributed by atoms with Gasteiger partial charge < -0.3 is 19.3 Å². The van der Waals surface area contributed by atoms with E-state index in [-0.39, 0.29) is 17.2 Å². The SMILES string of the molecule is Cn1c(N2CCO[C@@H](c3ccc(N4CC[C@@H](N5CCOCC5)C4)cc3)C2)nc(-c2ccncc2F)cc1=O. The fourth-order valence-electron chi connectivity index (χ4n) is 5.68. The Labute approximate surface area is 221 Å². The lowest BCUT2D eigenvalue weighted by molar-refractivity contribution is 0.0209. The highest BCUT2D eigenvalue weighted by Crippen LogP contribution is 2.29. The Balaban J connectivity index is 1.16. The Hall–Kier alpha value is -3.34. The van der Waals surface area contributed by atoms with E-state index in [1.54, 1.807) is 7.05 Å². The molecule has 0 N–H and O–H groups in total. The summed E-state index contributed by atoms with van der Waals surface area (Å²) in [5.41, 5.74) is 2.64. The third kappa shape index (κ3) is 5.03. The van der Waals surface area contributed by atoms with Crippen molar-refractivity contribution in [3.63, 3.8) is 0 Å². The van der Waals surface area contributed by atoms with Crippen LogP contribution in [0.3, 0.4) is 0 Å². The molecular formula is C28H33FN6O3. The predicted octanol–water partition coefficient (Wildman–Crippen LogP) is 2.47. The van der Waals surface area contributed by atoms with Crippen molar-refractivity contribution in [3.05, 3.63) is 70.5 Å². The molecule has 1 aromatic carbocycles. The van der Waals surface area contributed by atoms with Gasteiger partial charge in [-0.1, -0.05) is 12.1 Å². The van der Waals surface area contributed by atoms with Crippen LogP contribution in [0.1, 0.15) is 18.1 Å². The number of nitrogens with zero attached hydrogens (tertiary/aromatic N) is 6. The van der Waals surface area contributed by atoms with Crippen molar-refractivity contribution < 1.29 is 13.9 Å². The number of halogens is 1. The van der Waals surface area contributed by atoms with Gasteiger partial charge in [-0.3, -0.25) is 19.2 Å². The standard InChI is InChI=1S/C28H33FN6O3/c1-32-27(36)16-25(23-6-8-30-17-24(23)29)31-28(32)35-12-15-38-26(19-35)20-2-4-21(5-3-20)34-9-7-22(18-34)33-10-13-37-14-11-33/h2-6,8,16-17,22,26H,7,9-15,18-19H2,1H3/t22-,26-/m1/s1. The minimum absolute atomic E-state index is 0.157. The first-order valence-corrected chi connectivity index (χ1v) is 13.3. The van der Waals surface area contributed by atoms with Crippen molar-refractivity contribution >= 4 is 11.6 Å². The summed E-state index contributed by atoms with van der Waals surface area (Å²) in [7, 11) is 1.69. The first kappa shape index (κ1) is 25.0. The minimum atomic E-state index is -0.506. The summed E-state index contributed by atoms with van der Waals surface area (Å²) in [6.45, 7) is 7.45. The molecule has 5 heterocycles. The van der Waals surface area contributed by atoms with E-state index in [1.807, 2.05) is 4.90 Å². The first-order chi connectivity index (χ1) is 18.6. The molecule has 3 aliphatic rings. The van der Waals surface area contributed by atoms with Crippen LogP contribution in [0.25, 0.3) is 11.3 Å². The molecule has 3 fully saturated rings. The second kappa shape index (κ2) is 10.8. The Kier molecular flexibility index (Phi) is 7.10. The van der Waals surface area contributed by atoms with Crippen molar-refractivity contribution in [2.24, 2.45) is 7.05 Å². The molecule has 3 aromatic rings. The number of benzene rings is 1. The Bertz CT molecular complexity index is 1330. The summed E-state index contributed by atoms with van der Waals surface area (Å²) >= 11 is 0. The van der Waals surface area contributed by atoms with Gasteiger partial charge in [0, 0.05) is 69.3 Å². The summed E-state index contributed by atoms with van der Waals surface area (Å²) in [6, 6.07) is 12.1. The van der Waals surface area contributed by atoms with E-state index in [0.29, 0.717) is 37.4 Å². The van der Waals surface area contributed by atoms with Crippen LogP contribution in [-0.2, 0) is 16.5 Å². The van der Waals surface area contributed by atoms with Crippen LogP contribution in [0.4, 0.5) is 16.0 Å². The second-order valence-corrected chi connectivity index (χ2v) is 10.1. The van der Waals surface area contributed by atoms with Crippen LogP contribution < -0.4 is 15.4 Å². The Morgan fingerprint density at radius 3 is 2.58 bits per heavy atom. The van der Waals surface area contributed by atoms with Crippen molar-refractivity contribution in [1.29, 1.82) is 0 Å². The third-order valence-electron chi connectivity index (χ3n) is 7.86. The zero-order valence-electron chi connectivity index (χ0n) is 21.6. The van der Waals surface area contributed by atoms with Gasteiger partial charge in [-0.15, -0.1) is 0 Å². The topological polar surface area (TPSA) is 76.0 Å². The Morgan fingerprint density at radius 2 is 1.79 bits per heavy atom. The average Bonchev–Trinajstić information content (AvgIpc) is 3.46. The lowest BCUT2D eigenvalue weighted by Gasteiger charge is -2.35. The van der Waals surface area contributed by atoms with E-state index >= 15 is 0 Å². The highest BCUT2D eigenvalue weighted by molar-refractivity contribution is 5.60. The van der Waals surface area contributed by atoms with Crippen LogP contribution >= 0.6 is 0 Å². The average molecular weight is 521 g/mol. The van der Waals surface area contributed by atoms with Gasteiger partial charge in [0.2, 0.25) is 5.95 Å². The minimum Gasteiger partial charge on any atom is -0.379 e. The van der Waals surface area contributed by atoms with Gasteiger partial charge in [0.05, 0.1) is 38.3 Å². The number of ether oxygens (including phenoxy) is 2. The molecule has 0 radical (unpaired) electrons. The van der Waals surface area contributed by atoms with Crippen LogP contribution in [-0.4, -0.2) is 84.6 Å². The summed E-state index contributed by atoms with van der Waals surface area (Å²) in [5.74, 6) is -0.00623. The highest BCUT2D eigenvalue weighted by Gasteiger charge is 2.30. The molecule has 2 atom stereocenters. The summed E-state index contributed by atoms with van der Waals surface area (Å²) in [6.07, 6.45) is 3.65. The van der Waals surface area contributed by atoms with Gasteiger partial charge in [-0.2, -0.15) is 0 Å². The molecule has 38 heavy (non-hydrogen) atoms. The first-order valence-electron chi connectivity index (χ1n) is 13.3. The molecule has 10 heteroatoms. The molecule has 0 bridgehead atoms. The number of pyridine rings is 1. The van der Waals surface area contributed by atoms with Crippen LogP contribution in [0.2, 0.25) is 0 Å². The van der Waals surface area contributed by atoms with Crippen LogP contribution in [0.15, 0.2) is 53.6 Å². The lowest BCUT2D eigenvalue weighted by atomic mass is 10.1. The van der Waals surface area contributed by atoms with Gasteiger partial charge in [-0.25, -0.2) is 9.37 Å². The maximum atomic E-state index is 14.4. The van der Waals surface area contributed by atoms with E-state index in [0.717, 1.165) is 51.2 Å². The summed E-state index contributed by atoms with van der Waals surface area (Å²) in [5, 5.41) is 0. The molecule has 200 valence electrons. The van der Waals surface area contributed by atoms with Crippen LogP contribution in [0.5, 0.6) is 0 Å². The van der Waals surface area contributed by atoms with Crippen molar-refractivity contribution in [2.45, 2.75) is 18.6 Å². The normalized spacial score (nSPS) is 22.7. The zero-order chi connectivity index (χ0) is 26.1. The van der Waals surface area contributed by atoms with Crippen molar-refractivity contribution in [1.82, 2.24) is 19.4 Å². The van der Waals surface area contributed by atoms with E-state index in [4.69, 9.17) is 9.47 Å². The molecule has 0 amide bonds. The van der Waals surface area contributed by atoms with E-state index in [2.05, 4.69) is 44.0 Å². The number of aromatic nitrogens is 3. The molecule has 0 spiro atoms. The van der Waals surface area contributed by atoms with Gasteiger partial charge in [0.1, 0.15) is 6.10 Å². The number of anilines is 2. The van der Waals surface area contributed by atoms with Gasteiger partial charge in [0.25, 0.3) is 5.56 Å². The van der Waals surface area contributed by atoms with E-state index in [1.165, 1.54) is 35.0 Å². The molecule has 2 aromatic heterocycles. The van der Waals surface area contributed by atoms with Crippen molar-refractivity contribution in [3.8, 4) is 11.3 Å². The third-order valence-corrected chi connectivity index (χ3v) is 7.86. The lowest BCUT2D eigenvalue weighted by Crippen LogP contribution is -2.44. The number of morpholine rings is 2. The smallest absolute Gasteiger partial charge is 0.255 e. The molecule has 3 aliphatic heterocycles.